The van der Waals surface area contributed by atoms with Crippen molar-refractivity contribution in [3.05, 3.63) is 328 Å². The number of anilines is 15. The molecule has 95 heavy (non-hydrogen) atoms. The monoisotopic (exact) mass is 1210 g/mol. The fourth-order valence-electron chi connectivity index (χ4n) is 16.1. The highest BCUT2D eigenvalue weighted by atomic mass is 16.5. The van der Waals surface area contributed by atoms with Crippen molar-refractivity contribution in [1.29, 1.82) is 0 Å². The Morgan fingerprint density at radius 1 is 0.211 bits per heavy atom. The maximum Gasteiger partial charge on any atom is 0.260 e. The van der Waals surface area contributed by atoms with Crippen LogP contribution in [0.25, 0.3) is 0 Å². The van der Waals surface area contributed by atoms with E-state index in [1.54, 1.807) is 0 Å². The Bertz CT molecular complexity index is 5330. The largest absolute Gasteiger partial charge is 0.459 e. The molecule has 0 aliphatic carbocycles. The highest BCUT2D eigenvalue weighted by Gasteiger charge is 2.52. The molecule has 6 heterocycles. The molecule has 0 aromatic heterocycles. The van der Waals surface area contributed by atoms with Gasteiger partial charge in [0.15, 0.2) is 0 Å². The Morgan fingerprint density at radius 2 is 0.568 bits per heavy atom. The van der Waals surface area contributed by atoms with Gasteiger partial charge < -0.3 is 38.7 Å². The van der Waals surface area contributed by atoms with E-state index in [1.165, 1.54) is 16.4 Å². The van der Waals surface area contributed by atoms with E-state index < -0.39 is 0 Å². The third kappa shape index (κ3) is 8.12. The van der Waals surface area contributed by atoms with Gasteiger partial charge in [0.05, 0.1) is 11.4 Å². The average molecular weight is 1210 g/mol. The molecule has 20 rings (SSSR count). The molecular formula is C84H54B3N5O3. The van der Waals surface area contributed by atoms with Gasteiger partial charge in [-0.05, 0) is 165 Å². The van der Waals surface area contributed by atoms with Gasteiger partial charge in [0.25, 0.3) is 20.1 Å². The first kappa shape index (κ1) is 53.3. The van der Waals surface area contributed by atoms with Gasteiger partial charge >= 0.3 is 0 Å². The van der Waals surface area contributed by atoms with Gasteiger partial charge in [-0.25, -0.2) is 0 Å². The highest BCUT2D eigenvalue weighted by molar-refractivity contribution is 7.04. The molecule has 8 nitrogen and oxygen atoms in total. The van der Waals surface area contributed by atoms with E-state index in [-0.39, 0.29) is 20.1 Å². The predicted molar refractivity (Wildman–Crippen MR) is 393 cm³/mol. The molecule has 0 fully saturated rings. The van der Waals surface area contributed by atoms with Gasteiger partial charge in [-0.1, -0.05) is 188 Å². The fraction of sp³-hybridized carbons (Fsp3) is 0. The Labute approximate surface area is 552 Å². The van der Waals surface area contributed by atoms with Crippen LogP contribution in [0.2, 0.25) is 0 Å². The summed E-state index contributed by atoms with van der Waals surface area (Å²) in [5.41, 5.74) is 25.7. The van der Waals surface area contributed by atoms with E-state index in [0.29, 0.717) is 0 Å². The normalized spacial score (nSPS) is 13.4. The van der Waals surface area contributed by atoms with Gasteiger partial charge in [-0.2, -0.15) is 0 Å². The van der Waals surface area contributed by atoms with Crippen LogP contribution < -0.4 is 87.9 Å². The lowest BCUT2D eigenvalue weighted by Crippen LogP contribution is -2.65. The molecule has 0 unspecified atom stereocenters. The van der Waals surface area contributed by atoms with Crippen LogP contribution in [0.1, 0.15) is 0 Å². The number of rotatable bonds is 9. The van der Waals surface area contributed by atoms with E-state index in [2.05, 4.69) is 352 Å². The topological polar surface area (TPSA) is 43.9 Å². The van der Waals surface area contributed by atoms with Gasteiger partial charge in [0.1, 0.15) is 34.5 Å². The molecular weight excluding hydrogens is 1160 g/mol. The molecule has 0 atom stereocenters. The smallest absolute Gasteiger partial charge is 0.260 e. The number of benzene rings is 14. The molecule has 0 N–H and O–H groups in total. The van der Waals surface area contributed by atoms with Crippen molar-refractivity contribution in [1.82, 2.24) is 0 Å². The molecule has 14 aromatic rings. The van der Waals surface area contributed by atoms with E-state index in [9.17, 15) is 0 Å². The lowest BCUT2D eigenvalue weighted by molar-refractivity contribution is 0.457. The van der Waals surface area contributed by atoms with Crippen molar-refractivity contribution < 1.29 is 14.2 Å². The third-order valence-electron chi connectivity index (χ3n) is 19.9. The molecule has 0 amide bonds. The number of nitrogens with zero attached hydrogens (tertiary/aromatic N) is 5. The summed E-state index contributed by atoms with van der Waals surface area (Å²) >= 11 is 0. The number of fused-ring (bicyclic) bond motifs is 13. The summed E-state index contributed by atoms with van der Waals surface area (Å²) < 4.78 is 22.9. The van der Waals surface area contributed by atoms with Gasteiger partial charge in [0.2, 0.25) is 0 Å². The number of para-hydroxylation sites is 10. The van der Waals surface area contributed by atoms with Gasteiger partial charge in [-0.15, -0.1) is 0 Å². The molecule has 0 spiro atoms. The zero-order valence-electron chi connectivity index (χ0n) is 51.4. The summed E-state index contributed by atoms with van der Waals surface area (Å²) in [7, 11) is 0. The summed E-state index contributed by atoms with van der Waals surface area (Å²) in [6.45, 7) is -0.765. The predicted octanol–water partition coefficient (Wildman–Crippen LogP) is 15.8. The van der Waals surface area contributed by atoms with Crippen LogP contribution in [-0.4, -0.2) is 20.1 Å². The standard InChI is InChI=1S/C84H54B3N5O3/c1-8-28-55(29-9-1)88(56-30-10-2-11-31-56)62-48-71-80-72(49-62)92(61-40-20-7-21-41-61)74-53-79-83-84(82(74)87(80)65-43-23-26-46-70(65)90(71)59-36-16-5-17-37-59)95-75-47-27-24-44-66(75)86(83)68-52-67-76(54-77(68)94-79)93-78-51-63(89(57-32-12-3-13-33-57)58-34-14-4-15-35-58)50-73-81(78)85(67)64-42-22-25-45-69(64)91(73)60-38-18-6-19-39-60/h1-54H. The summed E-state index contributed by atoms with van der Waals surface area (Å²) in [6.07, 6.45) is 0. The lowest BCUT2D eigenvalue weighted by atomic mass is 9.29. The zero-order valence-corrected chi connectivity index (χ0v) is 51.4. The Morgan fingerprint density at radius 3 is 1.05 bits per heavy atom. The lowest BCUT2D eigenvalue weighted by Gasteiger charge is -2.46. The van der Waals surface area contributed by atoms with Crippen LogP contribution in [0.3, 0.4) is 0 Å². The molecule has 442 valence electrons. The second-order valence-electron chi connectivity index (χ2n) is 25.0. The molecule has 6 aliphatic rings. The minimum Gasteiger partial charge on any atom is -0.459 e. The maximum absolute atomic E-state index is 7.70. The van der Waals surface area contributed by atoms with Crippen molar-refractivity contribution in [2.24, 2.45) is 0 Å². The fourth-order valence-corrected chi connectivity index (χ4v) is 16.1. The molecule has 11 heteroatoms. The second kappa shape index (κ2) is 21.1. The third-order valence-corrected chi connectivity index (χ3v) is 19.9. The number of hydrogen-bond donors (Lipinski definition) is 0. The van der Waals surface area contributed by atoms with E-state index >= 15 is 0 Å². The van der Waals surface area contributed by atoms with E-state index in [4.69, 9.17) is 14.2 Å². The quantitative estimate of drug-likeness (QED) is 0.133. The minimum atomic E-state index is -0.282. The van der Waals surface area contributed by atoms with Crippen molar-refractivity contribution >= 4 is 155 Å². The van der Waals surface area contributed by atoms with Crippen LogP contribution in [0.5, 0.6) is 34.5 Å². The van der Waals surface area contributed by atoms with Crippen LogP contribution in [0, 0.1) is 0 Å². The highest BCUT2D eigenvalue weighted by Crippen LogP contribution is 2.52. The SMILES string of the molecule is c1ccc(N(c2ccccc2)c2cc3c4c(c2)N(c2ccccc2)c2ccccc2B4c2cc4c(cc2O3)Oc2cc3c(c5c2B4c2ccccc2O5)B2c4ccccc4N(c4ccccc4)c4cc(N(c5ccccc5)c5ccccc5)cc(c42)N3c2ccccc2)cc1. The Balaban J connectivity index is 0.831. The molecule has 0 bridgehead atoms. The number of hydrogen-bond acceptors (Lipinski definition) is 8. The first-order valence-electron chi connectivity index (χ1n) is 32.6. The molecule has 0 saturated carbocycles. The zero-order chi connectivity index (χ0) is 62.2. The van der Waals surface area contributed by atoms with Gasteiger partial charge in [0, 0.05) is 97.6 Å². The van der Waals surface area contributed by atoms with Crippen molar-refractivity contribution in [2.45, 2.75) is 0 Å². The summed E-state index contributed by atoms with van der Waals surface area (Å²) in [5, 5.41) is 0. The van der Waals surface area contributed by atoms with Crippen LogP contribution >= 0.6 is 0 Å². The minimum absolute atomic E-state index is 0.203. The molecule has 14 aromatic carbocycles. The summed E-state index contributed by atoms with van der Waals surface area (Å²) in [4.78, 5) is 12.1. The Hall–Kier alpha value is -12.3. The molecule has 0 radical (unpaired) electrons. The summed E-state index contributed by atoms with van der Waals surface area (Å²) in [5.74, 6) is 4.65. The summed E-state index contributed by atoms with van der Waals surface area (Å²) in [6, 6.07) is 118. The van der Waals surface area contributed by atoms with E-state index in [0.717, 1.165) is 153 Å². The maximum atomic E-state index is 7.70. The van der Waals surface area contributed by atoms with Crippen molar-refractivity contribution in [2.75, 3.05) is 24.5 Å². The second-order valence-corrected chi connectivity index (χ2v) is 25.0. The van der Waals surface area contributed by atoms with Crippen molar-refractivity contribution in [3.8, 4) is 34.5 Å². The van der Waals surface area contributed by atoms with Crippen LogP contribution in [0.4, 0.5) is 85.3 Å². The molecule has 0 saturated heterocycles. The van der Waals surface area contributed by atoms with E-state index in [1.807, 2.05) is 0 Å². The molecule has 6 aliphatic heterocycles. The Kier molecular flexibility index (Phi) is 11.9. The van der Waals surface area contributed by atoms with Crippen LogP contribution in [0.15, 0.2) is 328 Å². The first-order chi connectivity index (χ1) is 47.2. The average Bonchev–Trinajstić information content (AvgIpc) is 0.686. The number of ether oxygens (including phenoxy) is 3. The van der Waals surface area contributed by atoms with Gasteiger partial charge in [-0.3, -0.25) is 0 Å². The van der Waals surface area contributed by atoms with Crippen LogP contribution in [-0.2, 0) is 0 Å². The first-order valence-corrected chi connectivity index (χ1v) is 32.6. The van der Waals surface area contributed by atoms with Crippen molar-refractivity contribution in [3.63, 3.8) is 0 Å².